The fraction of sp³-hybridized carbons (Fsp3) is 0.350. The first-order valence-corrected chi connectivity index (χ1v) is 10.2. The Morgan fingerprint density at radius 3 is 2.57 bits per heavy atom. The van der Waals surface area contributed by atoms with Crippen LogP contribution in [0, 0.1) is 10.1 Å². The summed E-state index contributed by atoms with van der Waals surface area (Å²) in [5.74, 6) is -0.687. The number of nitrogens with one attached hydrogen (secondary N) is 1. The number of rotatable bonds is 6. The van der Waals surface area contributed by atoms with Gasteiger partial charge in [-0.05, 0) is 43.9 Å². The third-order valence-corrected chi connectivity index (χ3v) is 5.51. The SMILES string of the molecule is COC(=O)C1=C(C)N=C2SC=C(CC(=O)NC(C)C)N2[C@@H]1c1ccc([N+](=O)[O-])cc1. The molecule has 10 heteroatoms. The number of methoxy groups -OCH3 is 1. The molecule has 0 spiro atoms. The Morgan fingerprint density at radius 2 is 2.00 bits per heavy atom. The first-order valence-electron chi connectivity index (χ1n) is 9.29. The Morgan fingerprint density at radius 1 is 1.33 bits per heavy atom. The summed E-state index contributed by atoms with van der Waals surface area (Å²) in [4.78, 5) is 41.9. The molecular formula is C20H22N4O5S. The van der Waals surface area contributed by atoms with Crippen molar-refractivity contribution in [1.29, 1.82) is 0 Å². The lowest BCUT2D eigenvalue weighted by atomic mass is 9.93. The summed E-state index contributed by atoms with van der Waals surface area (Å²) in [6.45, 7) is 5.48. The van der Waals surface area contributed by atoms with Gasteiger partial charge in [-0.25, -0.2) is 9.79 Å². The van der Waals surface area contributed by atoms with Crippen molar-refractivity contribution in [1.82, 2.24) is 10.2 Å². The van der Waals surface area contributed by atoms with Crippen LogP contribution < -0.4 is 5.32 Å². The molecule has 0 bridgehead atoms. The molecule has 2 aliphatic rings. The molecule has 0 radical (unpaired) electrons. The molecule has 0 saturated carbocycles. The standard InChI is InChI=1S/C20H22N4O5S/c1-11(2)21-16(25)9-15-10-30-20-22-12(3)17(19(26)29-4)18(23(15)20)13-5-7-14(8-6-13)24(27)28/h5-8,10-11,18H,9H2,1-4H3,(H,21,25)/t18-/m1/s1. The summed E-state index contributed by atoms with van der Waals surface area (Å²) in [7, 11) is 1.29. The average molecular weight is 430 g/mol. The summed E-state index contributed by atoms with van der Waals surface area (Å²) in [5, 5.41) is 16.4. The maximum atomic E-state index is 12.6. The highest BCUT2D eigenvalue weighted by atomic mass is 32.2. The van der Waals surface area contributed by atoms with Gasteiger partial charge in [0.15, 0.2) is 5.17 Å². The number of ether oxygens (including phenoxy) is 1. The van der Waals surface area contributed by atoms with Crippen LogP contribution in [-0.2, 0) is 14.3 Å². The minimum absolute atomic E-state index is 0.000102. The topological polar surface area (TPSA) is 114 Å². The Hall–Kier alpha value is -3.14. The van der Waals surface area contributed by atoms with Crippen LogP contribution in [0.1, 0.15) is 38.8 Å². The lowest BCUT2D eigenvalue weighted by Crippen LogP contribution is -2.38. The maximum absolute atomic E-state index is 12.6. The van der Waals surface area contributed by atoms with Crippen LogP contribution in [0.3, 0.4) is 0 Å². The summed E-state index contributed by atoms with van der Waals surface area (Å²) in [6.07, 6.45) is 0.112. The monoisotopic (exact) mass is 430 g/mol. The summed E-state index contributed by atoms with van der Waals surface area (Å²) in [6, 6.07) is 5.39. The number of fused-ring (bicyclic) bond motifs is 1. The Bertz CT molecular complexity index is 981. The second kappa shape index (κ2) is 8.70. The molecule has 1 N–H and O–H groups in total. The number of amidine groups is 1. The smallest absolute Gasteiger partial charge is 0.338 e. The lowest BCUT2D eigenvalue weighted by Gasteiger charge is -2.36. The minimum Gasteiger partial charge on any atom is -0.466 e. The zero-order valence-corrected chi connectivity index (χ0v) is 17.9. The normalized spacial score (nSPS) is 18.0. The number of aliphatic imine (C=N–C) groups is 1. The van der Waals surface area contributed by atoms with Crippen molar-refractivity contribution in [3.63, 3.8) is 0 Å². The highest BCUT2D eigenvalue weighted by molar-refractivity contribution is 8.16. The van der Waals surface area contributed by atoms with E-state index in [1.165, 1.54) is 31.0 Å². The van der Waals surface area contributed by atoms with Gasteiger partial charge in [-0.2, -0.15) is 0 Å². The molecule has 1 aromatic carbocycles. The average Bonchev–Trinajstić information content (AvgIpc) is 3.07. The first-order chi connectivity index (χ1) is 14.2. The van der Waals surface area contributed by atoms with Crippen LogP contribution in [0.4, 0.5) is 5.69 Å². The predicted molar refractivity (Wildman–Crippen MR) is 113 cm³/mol. The van der Waals surface area contributed by atoms with E-state index in [0.29, 0.717) is 27.7 Å². The summed E-state index contributed by atoms with van der Waals surface area (Å²) < 4.78 is 4.98. The number of hydrogen-bond donors (Lipinski definition) is 1. The Labute approximate surface area is 178 Å². The predicted octanol–water partition coefficient (Wildman–Crippen LogP) is 3.26. The van der Waals surface area contributed by atoms with Crippen LogP contribution >= 0.6 is 11.8 Å². The Kier molecular flexibility index (Phi) is 6.25. The number of nitro groups is 1. The first kappa shape index (κ1) is 21.6. The van der Waals surface area contributed by atoms with Gasteiger partial charge in [0.2, 0.25) is 5.91 Å². The number of nitrogens with zero attached hydrogens (tertiary/aromatic N) is 3. The van der Waals surface area contributed by atoms with Gasteiger partial charge in [0.1, 0.15) is 0 Å². The van der Waals surface area contributed by atoms with E-state index in [1.807, 2.05) is 24.2 Å². The van der Waals surface area contributed by atoms with Crippen molar-refractivity contribution in [2.75, 3.05) is 7.11 Å². The van der Waals surface area contributed by atoms with Crippen LogP contribution in [0.5, 0.6) is 0 Å². The number of allylic oxidation sites excluding steroid dienone is 1. The third kappa shape index (κ3) is 4.23. The van der Waals surface area contributed by atoms with E-state index in [9.17, 15) is 19.7 Å². The van der Waals surface area contributed by atoms with Crippen molar-refractivity contribution in [3.05, 3.63) is 62.3 Å². The number of thioether (sulfide) groups is 1. The van der Waals surface area contributed by atoms with E-state index >= 15 is 0 Å². The molecule has 0 fully saturated rings. The fourth-order valence-electron chi connectivity index (χ4n) is 3.37. The van der Waals surface area contributed by atoms with E-state index in [0.717, 1.165) is 0 Å². The number of hydrogen-bond acceptors (Lipinski definition) is 8. The van der Waals surface area contributed by atoms with E-state index in [1.54, 1.807) is 19.1 Å². The Balaban J connectivity index is 2.04. The molecule has 9 nitrogen and oxygen atoms in total. The molecule has 158 valence electrons. The molecule has 30 heavy (non-hydrogen) atoms. The van der Waals surface area contributed by atoms with E-state index in [4.69, 9.17) is 4.74 Å². The molecule has 1 amide bonds. The number of non-ortho nitro benzene ring substituents is 1. The van der Waals surface area contributed by atoms with E-state index < -0.39 is 16.9 Å². The third-order valence-electron chi connectivity index (χ3n) is 4.62. The number of amides is 1. The molecular weight excluding hydrogens is 408 g/mol. The molecule has 1 atom stereocenters. The summed E-state index contributed by atoms with van der Waals surface area (Å²) >= 11 is 1.37. The number of carbonyl (C=O) groups excluding carboxylic acids is 2. The van der Waals surface area contributed by atoms with Gasteiger partial charge in [0.05, 0.1) is 35.8 Å². The van der Waals surface area contributed by atoms with Crippen LogP contribution in [0.25, 0.3) is 0 Å². The zero-order chi connectivity index (χ0) is 22.0. The number of esters is 1. The fourth-order valence-corrected chi connectivity index (χ4v) is 4.34. The molecule has 2 heterocycles. The van der Waals surface area contributed by atoms with Crippen molar-refractivity contribution < 1.29 is 19.2 Å². The highest BCUT2D eigenvalue weighted by Crippen LogP contribution is 2.44. The van der Waals surface area contributed by atoms with Gasteiger partial charge in [0, 0.05) is 23.9 Å². The van der Waals surface area contributed by atoms with Gasteiger partial charge in [0.25, 0.3) is 5.69 Å². The van der Waals surface area contributed by atoms with Crippen LogP contribution in [0.2, 0.25) is 0 Å². The lowest BCUT2D eigenvalue weighted by molar-refractivity contribution is -0.384. The molecule has 2 aliphatic heterocycles. The van der Waals surface area contributed by atoms with Crippen molar-refractivity contribution in [2.24, 2.45) is 4.99 Å². The van der Waals surface area contributed by atoms with Crippen molar-refractivity contribution in [2.45, 2.75) is 39.3 Å². The second-order valence-electron chi connectivity index (χ2n) is 7.13. The van der Waals surface area contributed by atoms with Gasteiger partial charge in [-0.15, -0.1) is 0 Å². The van der Waals surface area contributed by atoms with Gasteiger partial charge >= 0.3 is 5.97 Å². The molecule has 0 aromatic heterocycles. The van der Waals surface area contributed by atoms with Crippen molar-refractivity contribution >= 4 is 34.5 Å². The maximum Gasteiger partial charge on any atom is 0.338 e. The van der Waals surface area contributed by atoms with Crippen LogP contribution in [0.15, 0.2) is 51.6 Å². The number of benzene rings is 1. The number of carbonyl (C=O) groups is 2. The van der Waals surface area contributed by atoms with Gasteiger partial charge < -0.3 is 15.0 Å². The quantitative estimate of drug-likeness (QED) is 0.418. The van der Waals surface area contributed by atoms with Crippen molar-refractivity contribution in [3.8, 4) is 0 Å². The molecule has 0 saturated heterocycles. The second-order valence-corrected chi connectivity index (χ2v) is 7.97. The zero-order valence-electron chi connectivity index (χ0n) is 17.0. The van der Waals surface area contributed by atoms with E-state index in [-0.39, 0.29) is 24.1 Å². The van der Waals surface area contributed by atoms with Gasteiger partial charge in [-0.1, -0.05) is 11.8 Å². The summed E-state index contributed by atoms with van der Waals surface area (Å²) in [5.41, 5.74) is 2.13. The molecule has 1 aromatic rings. The molecule has 0 aliphatic carbocycles. The molecule has 3 rings (SSSR count). The largest absolute Gasteiger partial charge is 0.466 e. The van der Waals surface area contributed by atoms with E-state index in [2.05, 4.69) is 10.3 Å². The van der Waals surface area contributed by atoms with Gasteiger partial charge in [-0.3, -0.25) is 14.9 Å². The molecule has 0 unspecified atom stereocenters. The highest BCUT2D eigenvalue weighted by Gasteiger charge is 2.41. The number of nitro benzene ring substituents is 1. The minimum atomic E-state index is -0.612. The van der Waals surface area contributed by atoms with Crippen LogP contribution in [-0.4, -0.2) is 40.0 Å².